The van der Waals surface area contributed by atoms with Gasteiger partial charge in [-0.05, 0) is 65.2 Å². The average Bonchev–Trinajstić information content (AvgIpc) is 2.43. The predicted molar refractivity (Wildman–Crippen MR) is 94.8 cm³/mol. The lowest BCUT2D eigenvalue weighted by atomic mass is 9.85. The van der Waals surface area contributed by atoms with E-state index in [0.29, 0.717) is 18.8 Å². The van der Waals surface area contributed by atoms with Crippen LogP contribution in [0.5, 0.6) is 0 Å². The molecule has 2 heteroatoms. The Kier molecular flexibility index (Phi) is 7.58. The van der Waals surface area contributed by atoms with Crippen LogP contribution in [0.25, 0.3) is 0 Å². The largest absolute Gasteiger partial charge is 0.390 e. The molecule has 0 aromatic heterocycles. The molecule has 0 spiro atoms. The molecule has 2 unspecified atom stereocenters. The predicted octanol–water partition coefficient (Wildman–Crippen LogP) is 4.93. The lowest BCUT2D eigenvalue weighted by molar-refractivity contribution is -0.0697. The molecule has 0 aromatic carbocycles. The maximum Gasteiger partial charge on any atom is 0.0880 e. The normalized spacial score (nSPS) is 36.5. The molecule has 0 aliphatic heterocycles. The Morgan fingerprint density at radius 1 is 1.09 bits per heavy atom. The first-order chi connectivity index (χ1) is 10.2. The molecule has 2 atom stereocenters. The standard InChI is InChI=1S/C20H34O2/c1-15(2)18-11-9-16(3)7-6-8-17(4)10-12-19(21)20(5,22)14-13-18/h8-9,11,15,19,21-22H,6-7,10,12-14H2,1-5H3/b16-9+,17-8+,18-11+. The minimum absolute atomic E-state index is 0.465. The highest BCUT2D eigenvalue weighted by Crippen LogP contribution is 2.27. The van der Waals surface area contributed by atoms with Gasteiger partial charge in [0, 0.05) is 0 Å². The zero-order chi connectivity index (χ0) is 16.8. The molecule has 0 bridgehead atoms. The molecule has 1 aliphatic carbocycles. The summed E-state index contributed by atoms with van der Waals surface area (Å²) in [5.41, 5.74) is 3.02. The summed E-state index contributed by atoms with van der Waals surface area (Å²) in [7, 11) is 0. The summed E-state index contributed by atoms with van der Waals surface area (Å²) in [6, 6.07) is 0. The fourth-order valence-corrected chi connectivity index (χ4v) is 2.78. The quantitative estimate of drug-likeness (QED) is 0.674. The highest BCUT2D eigenvalue weighted by Gasteiger charge is 2.30. The van der Waals surface area contributed by atoms with Crippen molar-refractivity contribution in [3.63, 3.8) is 0 Å². The number of rotatable bonds is 1. The fourth-order valence-electron chi connectivity index (χ4n) is 2.78. The summed E-state index contributed by atoms with van der Waals surface area (Å²) in [5, 5.41) is 20.9. The van der Waals surface area contributed by atoms with E-state index in [1.165, 1.54) is 16.7 Å². The van der Waals surface area contributed by atoms with E-state index in [4.69, 9.17) is 0 Å². The summed E-state index contributed by atoms with van der Waals surface area (Å²) in [4.78, 5) is 0. The highest BCUT2D eigenvalue weighted by molar-refractivity contribution is 5.19. The van der Waals surface area contributed by atoms with Crippen molar-refractivity contribution in [1.29, 1.82) is 0 Å². The second-order valence-electron chi connectivity index (χ2n) is 7.41. The first kappa shape index (κ1) is 19.2. The van der Waals surface area contributed by atoms with Crippen molar-refractivity contribution < 1.29 is 10.2 Å². The molecule has 0 aromatic rings. The number of allylic oxidation sites excluding steroid dienone is 6. The van der Waals surface area contributed by atoms with E-state index in [2.05, 4.69) is 45.9 Å². The Bertz CT molecular complexity index is 439. The first-order valence-electron chi connectivity index (χ1n) is 8.64. The monoisotopic (exact) mass is 306 g/mol. The van der Waals surface area contributed by atoms with E-state index in [9.17, 15) is 10.2 Å². The van der Waals surface area contributed by atoms with Crippen LogP contribution >= 0.6 is 0 Å². The van der Waals surface area contributed by atoms with Crippen LogP contribution in [0.1, 0.15) is 73.1 Å². The summed E-state index contributed by atoms with van der Waals surface area (Å²) < 4.78 is 0. The molecule has 0 saturated carbocycles. The number of aliphatic hydroxyl groups is 2. The van der Waals surface area contributed by atoms with Gasteiger partial charge < -0.3 is 10.2 Å². The maximum atomic E-state index is 10.6. The van der Waals surface area contributed by atoms with E-state index < -0.39 is 11.7 Å². The Morgan fingerprint density at radius 2 is 1.77 bits per heavy atom. The number of hydrogen-bond donors (Lipinski definition) is 2. The molecular weight excluding hydrogens is 272 g/mol. The zero-order valence-corrected chi connectivity index (χ0v) is 15.0. The average molecular weight is 306 g/mol. The van der Waals surface area contributed by atoms with Crippen LogP contribution in [0.3, 0.4) is 0 Å². The van der Waals surface area contributed by atoms with Crippen molar-refractivity contribution in [2.45, 2.75) is 84.8 Å². The van der Waals surface area contributed by atoms with Gasteiger partial charge in [-0.1, -0.05) is 48.8 Å². The third-order valence-electron chi connectivity index (χ3n) is 4.80. The van der Waals surface area contributed by atoms with Crippen LogP contribution < -0.4 is 0 Å². The molecule has 0 amide bonds. The van der Waals surface area contributed by atoms with Crippen LogP contribution in [-0.4, -0.2) is 21.9 Å². The van der Waals surface area contributed by atoms with E-state index in [-0.39, 0.29) is 0 Å². The molecule has 0 heterocycles. The van der Waals surface area contributed by atoms with Gasteiger partial charge in [-0.25, -0.2) is 0 Å². The summed E-state index contributed by atoms with van der Waals surface area (Å²) in [5.74, 6) is 0.465. The summed E-state index contributed by atoms with van der Waals surface area (Å²) in [6.07, 6.45) is 11.1. The summed E-state index contributed by atoms with van der Waals surface area (Å²) >= 11 is 0. The molecule has 1 aliphatic rings. The SMILES string of the molecule is C/C1=C\C=C(\C(C)C)CCC(C)(O)C(O)CC/C(C)=C/CC1. The molecular formula is C20H34O2. The van der Waals surface area contributed by atoms with Crippen LogP contribution in [0.2, 0.25) is 0 Å². The van der Waals surface area contributed by atoms with Gasteiger partial charge in [-0.15, -0.1) is 0 Å². The highest BCUT2D eigenvalue weighted by atomic mass is 16.3. The van der Waals surface area contributed by atoms with E-state index in [1.54, 1.807) is 6.92 Å². The molecule has 0 radical (unpaired) electrons. The van der Waals surface area contributed by atoms with Gasteiger partial charge in [0.2, 0.25) is 0 Å². The lowest BCUT2D eigenvalue weighted by Gasteiger charge is -2.30. The van der Waals surface area contributed by atoms with Crippen LogP contribution in [0.4, 0.5) is 0 Å². The smallest absolute Gasteiger partial charge is 0.0880 e. The molecule has 126 valence electrons. The van der Waals surface area contributed by atoms with Crippen molar-refractivity contribution in [2.24, 2.45) is 5.92 Å². The third-order valence-corrected chi connectivity index (χ3v) is 4.80. The van der Waals surface area contributed by atoms with Gasteiger partial charge >= 0.3 is 0 Å². The second-order valence-corrected chi connectivity index (χ2v) is 7.41. The molecule has 22 heavy (non-hydrogen) atoms. The van der Waals surface area contributed by atoms with Gasteiger partial charge in [0.05, 0.1) is 11.7 Å². The van der Waals surface area contributed by atoms with E-state index in [0.717, 1.165) is 25.7 Å². The van der Waals surface area contributed by atoms with E-state index in [1.807, 2.05) is 0 Å². The topological polar surface area (TPSA) is 40.5 Å². The van der Waals surface area contributed by atoms with Crippen molar-refractivity contribution >= 4 is 0 Å². The Morgan fingerprint density at radius 3 is 2.41 bits per heavy atom. The van der Waals surface area contributed by atoms with Gasteiger partial charge in [0.15, 0.2) is 0 Å². The van der Waals surface area contributed by atoms with Crippen molar-refractivity contribution in [3.05, 3.63) is 34.9 Å². The maximum absolute atomic E-state index is 10.6. The van der Waals surface area contributed by atoms with Crippen molar-refractivity contribution in [3.8, 4) is 0 Å². The van der Waals surface area contributed by atoms with E-state index >= 15 is 0 Å². The Hall–Kier alpha value is -0.860. The van der Waals surface area contributed by atoms with Crippen LogP contribution in [0.15, 0.2) is 34.9 Å². The lowest BCUT2D eigenvalue weighted by Crippen LogP contribution is -2.39. The van der Waals surface area contributed by atoms with Crippen molar-refractivity contribution in [2.75, 3.05) is 0 Å². The van der Waals surface area contributed by atoms with Crippen LogP contribution in [0, 0.1) is 5.92 Å². The van der Waals surface area contributed by atoms with Gasteiger partial charge in [-0.3, -0.25) is 0 Å². The first-order valence-corrected chi connectivity index (χ1v) is 8.64. The third kappa shape index (κ3) is 6.50. The number of hydrogen-bond acceptors (Lipinski definition) is 2. The minimum Gasteiger partial charge on any atom is -0.390 e. The zero-order valence-electron chi connectivity index (χ0n) is 15.0. The Balaban J connectivity index is 2.98. The minimum atomic E-state index is -1.02. The summed E-state index contributed by atoms with van der Waals surface area (Å²) in [6.45, 7) is 10.4. The fraction of sp³-hybridized carbons (Fsp3) is 0.700. The Labute approximate surface area is 136 Å². The van der Waals surface area contributed by atoms with Gasteiger partial charge in [0.1, 0.15) is 0 Å². The molecule has 0 fully saturated rings. The number of aliphatic hydroxyl groups excluding tert-OH is 1. The molecule has 1 rings (SSSR count). The molecule has 0 saturated heterocycles. The van der Waals surface area contributed by atoms with Gasteiger partial charge in [0.25, 0.3) is 0 Å². The van der Waals surface area contributed by atoms with Crippen molar-refractivity contribution in [1.82, 2.24) is 0 Å². The second kappa shape index (κ2) is 8.69. The van der Waals surface area contributed by atoms with Crippen LogP contribution in [-0.2, 0) is 0 Å². The molecule has 2 N–H and O–H groups in total. The van der Waals surface area contributed by atoms with Gasteiger partial charge in [-0.2, -0.15) is 0 Å². The molecule has 2 nitrogen and oxygen atoms in total.